The van der Waals surface area contributed by atoms with E-state index < -0.39 is 10.8 Å². The van der Waals surface area contributed by atoms with E-state index in [2.05, 4.69) is 26.1 Å². The Kier molecular flexibility index (Phi) is 3.96. The van der Waals surface area contributed by atoms with Gasteiger partial charge in [-0.2, -0.15) is 0 Å². The van der Waals surface area contributed by atoms with Gasteiger partial charge in [0.25, 0.3) is 0 Å². The fourth-order valence-corrected chi connectivity index (χ4v) is 3.80. The van der Waals surface area contributed by atoms with Crippen molar-refractivity contribution >= 4 is 10.8 Å². The molecule has 3 nitrogen and oxygen atoms in total. The highest BCUT2D eigenvalue weighted by molar-refractivity contribution is 7.84. The summed E-state index contributed by atoms with van der Waals surface area (Å²) in [6.45, 7) is 8.53. The summed E-state index contributed by atoms with van der Waals surface area (Å²) in [7, 11) is -0.698. The molecule has 1 heterocycles. The van der Waals surface area contributed by atoms with Gasteiger partial charge in [-0.25, -0.2) is 0 Å². The van der Waals surface area contributed by atoms with E-state index in [1.165, 1.54) is 6.42 Å². The lowest BCUT2D eigenvalue weighted by atomic mass is 9.57. The number of hydrogen-bond donors (Lipinski definition) is 1. The molecule has 1 aliphatic carbocycles. The van der Waals surface area contributed by atoms with Crippen molar-refractivity contribution in [2.75, 3.05) is 19.4 Å². The number of rotatable bonds is 5. The molecule has 4 heteroatoms. The SMILES string of the molecule is CC(CCNC1C2CCOC2C1(C)C)S(C)=O. The van der Waals surface area contributed by atoms with E-state index >= 15 is 0 Å². The van der Waals surface area contributed by atoms with Gasteiger partial charge in [0.2, 0.25) is 0 Å². The topological polar surface area (TPSA) is 38.3 Å². The maximum atomic E-state index is 11.3. The zero-order chi connectivity index (χ0) is 12.6. The van der Waals surface area contributed by atoms with Gasteiger partial charge in [0.05, 0.1) is 6.10 Å². The fourth-order valence-electron chi connectivity index (χ4n) is 3.35. The summed E-state index contributed by atoms with van der Waals surface area (Å²) in [5.41, 5.74) is 0.260. The number of nitrogens with one attached hydrogen (secondary N) is 1. The largest absolute Gasteiger partial charge is 0.377 e. The molecule has 5 atom stereocenters. The molecule has 1 saturated heterocycles. The average molecular weight is 259 g/mol. The van der Waals surface area contributed by atoms with Crippen molar-refractivity contribution < 1.29 is 8.95 Å². The lowest BCUT2D eigenvalue weighted by molar-refractivity contribution is -0.112. The van der Waals surface area contributed by atoms with Gasteiger partial charge in [0.1, 0.15) is 0 Å². The van der Waals surface area contributed by atoms with Crippen LogP contribution in [0.5, 0.6) is 0 Å². The minimum atomic E-state index is -0.698. The molecule has 1 N–H and O–H groups in total. The second-order valence-electron chi connectivity index (χ2n) is 6.09. The molecular weight excluding hydrogens is 234 g/mol. The number of hydrogen-bond acceptors (Lipinski definition) is 3. The lowest BCUT2D eigenvalue weighted by Crippen LogP contribution is -2.65. The van der Waals surface area contributed by atoms with Gasteiger partial charge in [0, 0.05) is 46.3 Å². The first-order valence-electron chi connectivity index (χ1n) is 6.62. The van der Waals surface area contributed by atoms with E-state index in [4.69, 9.17) is 4.74 Å². The summed E-state index contributed by atoms with van der Waals surface area (Å²) in [5, 5.41) is 3.95. The molecule has 1 aliphatic heterocycles. The summed E-state index contributed by atoms with van der Waals surface area (Å²) >= 11 is 0. The van der Waals surface area contributed by atoms with Gasteiger partial charge in [-0.1, -0.05) is 20.8 Å². The van der Waals surface area contributed by atoms with Crippen LogP contribution in [0.3, 0.4) is 0 Å². The third kappa shape index (κ3) is 2.45. The molecule has 0 spiro atoms. The summed E-state index contributed by atoms with van der Waals surface area (Å²) < 4.78 is 17.1. The molecule has 1 saturated carbocycles. The van der Waals surface area contributed by atoms with Crippen molar-refractivity contribution in [2.45, 2.75) is 51.0 Å². The molecule has 2 aliphatic rings. The highest BCUT2D eigenvalue weighted by Crippen LogP contribution is 2.51. The molecule has 0 aromatic carbocycles. The van der Waals surface area contributed by atoms with Crippen LogP contribution in [0.1, 0.15) is 33.6 Å². The Balaban J connectivity index is 1.78. The predicted molar refractivity (Wildman–Crippen MR) is 71.6 cm³/mol. The zero-order valence-corrected chi connectivity index (χ0v) is 12.2. The molecular formula is C13H25NO2S. The van der Waals surface area contributed by atoms with Crippen LogP contribution in [0, 0.1) is 11.3 Å². The molecule has 17 heavy (non-hydrogen) atoms. The van der Waals surface area contributed by atoms with E-state index in [0.717, 1.165) is 19.6 Å². The number of ether oxygens (including phenoxy) is 1. The Labute approximate surface area is 107 Å². The Morgan fingerprint density at radius 3 is 2.88 bits per heavy atom. The van der Waals surface area contributed by atoms with Gasteiger partial charge >= 0.3 is 0 Å². The van der Waals surface area contributed by atoms with Crippen LogP contribution in [-0.4, -0.2) is 41.0 Å². The van der Waals surface area contributed by atoms with Crippen LogP contribution in [-0.2, 0) is 15.5 Å². The van der Waals surface area contributed by atoms with E-state index in [1.54, 1.807) is 6.26 Å². The van der Waals surface area contributed by atoms with Crippen LogP contribution >= 0.6 is 0 Å². The van der Waals surface area contributed by atoms with Gasteiger partial charge in [-0.3, -0.25) is 4.21 Å². The molecule has 0 radical (unpaired) electrons. The van der Waals surface area contributed by atoms with Gasteiger partial charge in [-0.15, -0.1) is 0 Å². The highest BCUT2D eigenvalue weighted by atomic mass is 32.2. The van der Waals surface area contributed by atoms with Crippen LogP contribution < -0.4 is 5.32 Å². The summed E-state index contributed by atoms with van der Waals surface area (Å²) in [6.07, 6.45) is 4.44. The lowest BCUT2D eigenvalue weighted by Gasteiger charge is -2.55. The second kappa shape index (κ2) is 4.98. The molecule has 100 valence electrons. The van der Waals surface area contributed by atoms with E-state index in [9.17, 15) is 4.21 Å². The Hall–Kier alpha value is 0.0700. The summed E-state index contributed by atoms with van der Waals surface area (Å²) in [4.78, 5) is 0. The Morgan fingerprint density at radius 2 is 2.24 bits per heavy atom. The number of fused-ring (bicyclic) bond motifs is 1. The van der Waals surface area contributed by atoms with Crippen molar-refractivity contribution in [1.29, 1.82) is 0 Å². The zero-order valence-electron chi connectivity index (χ0n) is 11.4. The summed E-state index contributed by atoms with van der Waals surface area (Å²) in [6, 6.07) is 0.576. The predicted octanol–water partition coefficient (Wildman–Crippen LogP) is 1.55. The minimum absolute atomic E-state index is 0.260. The van der Waals surface area contributed by atoms with Crippen molar-refractivity contribution in [2.24, 2.45) is 11.3 Å². The second-order valence-corrected chi connectivity index (χ2v) is 7.90. The monoisotopic (exact) mass is 259 g/mol. The molecule has 0 bridgehead atoms. The van der Waals surface area contributed by atoms with E-state index in [0.29, 0.717) is 23.3 Å². The van der Waals surface area contributed by atoms with Crippen LogP contribution in [0.25, 0.3) is 0 Å². The molecule has 0 aromatic heterocycles. The highest BCUT2D eigenvalue weighted by Gasteiger charge is 2.58. The molecule has 2 fully saturated rings. The van der Waals surface area contributed by atoms with Crippen molar-refractivity contribution in [1.82, 2.24) is 5.32 Å². The molecule has 2 rings (SSSR count). The van der Waals surface area contributed by atoms with Crippen molar-refractivity contribution in [3.63, 3.8) is 0 Å². The van der Waals surface area contributed by atoms with Crippen LogP contribution in [0.4, 0.5) is 0 Å². The van der Waals surface area contributed by atoms with Crippen molar-refractivity contribution in [3.05, 3.63) is 0 Å². The Bertz CT molecular complexity index is 306. The first-order valence-corrected chi connectivity index (χ1v) is 8.24. The average Bonchev–Trinajstić information content (AvgIpc) is 2.70. The molecule has 0 amide bonds. The summed E-state index contributed by atoms with van der Waals surface area (Å²) in [5.74, 6) is 0.701. The smallest absolute Gasteiger partial charge is 0.0685 e. The van der Waals surface area contributed by atoms with Crippen LogP contribution in [0.15, 0.2) is 0 Å². The maximum absolute atomic E-state index is 11.3. The van der Waals surface area contributed by atoms with Gasteiger partial charge in [0.15, 0.2) is 0 Å². The molecule has 5 unspecified atom stereocenters. The third-order valence-corrected chi connectivity index (χ3v) is 5.95. The maximum Gasteiger partial charge on any atom is 0.0685 e. The molecule has 0 aromatic rings. The minimum Gasteiger partial charge on any atom is -0.377 e. The first kappa shape index (κ1) is 13.5. The fraction of sp³-hybridized carbons (Fsp3) is 1.00. The first-order chi connectivity index (χ1) is 7.94. The van der Waals surface area contributed by atoms with Gasteiger partial charge < -0.3 is 10.1 Å². The normalized spacial score (nSPS) is 38.2. The quantitative estimate of drug-likeness (QED) is 0.814. The van der Waals surface area contributed by atoms with Crippen molar-refractivity contribution in [3.8, 4) is 0 Å². The Morgan fingerprint density at radius 1 is 1.53 bits per heavy atom. The standard InChI is InChI=1S/C13H25NO2S/c1-9(17(4)15)5-7-14-11-10-6-8-16-12(10)13(11,2)3/h9-12,14H,5-8H2,1-4H3. The van der Waals surface area contributed by atoms with E-state index in [-0.39, 0.29) is 5.41 Å². The van der Waals surface area contributed by atoms with Gasteiger partial charge in [-0.05, 0) is 19.4 Å². The van der Waals surface area contributed by atoms with E-state index in [1.807, 2.05) is 0 Å². The van der Waals surface area contributed by atoms with Crippen LogP contribution in [0.2, 0.25) is 0 Å². The third-order valence-electron chi connectivity index (χ3n) is 4.58.